The Morgan fingerprint density at radius 1 is 0.708 bits per heavy atom. The summed E-state index contributed by atoms with van der Waals surface area (Å²) < 4.78 is 0. The lowest BCUT2D eigenvalue weighted by Crippen LogP contribution is -2.00. The molecule has 24 heavy (non-hydrogen) atoms. The number of nitriles is 4. The molecule has 0 spiro atoms. The molecule has 0 radical (unpaired) electrons. The first-order valence-electron chi connectivity index (χ1n) is 7.22. The van der Waals surface area contributed by atoms with E-state index in [1.165, 1.54) is 0 Å². The van der Waals surface area contributed by atoms with E-state index in [4.69, 9.17) is 0 Å². The maximum absolute atomic E-state index is 9.60. The van der Waals surface area contributed by atoms with Crippen LogP contribution in [0.4, 0.5) is 0 Å². The number of hydrogen-bond donors (Lipinski definition) is 0. The molecule has 0 aromatic heterocycles. The van der Waals surface area contributed by atoms with Crippen molar-refractivity contribution in [2.75, 3.05) is 0 Å². The smallest absolute Gasteiger partial charge is 0.102 e. The van der Waals surface area contributed by atoms with Crippen molar-refractivity contribution in [2.24, 2.45) is 0 Å². The molecule has 4 heteroatoms. The van der Waals surface area contributed by atoms with Gasteiger partial charge in [-0.2, -0.15) is 21.0 Å². The van der Waals surface area contributed by atoms with E-state index in [0.29, 0.717) is 10.8 Å². The lowest BCUT2D eigenvalue weighted by Gasteiger charge is -2.14. The highest BCUT2D eigenvalue weighted by atomic mass is 14.3. The fraction of sp³-hybridized carbons (Fsp3) is 0.100. The van der Waals surface area contributed by atoms with Crippen molar-refractivity contribution < 1.29 is 0 Å². The van der Waals surface area contributed by atoms with Crippen LogP contribution in [0.2, 0.25) is 0 Å². The van der Waals surface area contributed by atoms with Crippen LogP contribution in [0.3, 0.4) is 0 Å². The van der Waals surface area contributed by atoms with Crippen molar-refractivity contribution in [2.45, 2.75) is 13.8 Å². The molecule has 0 heterocycles. The molecule has 3 aromatic rings. The van der Waals surface area contributed by atoms with E-state index in [1.807, 2.05) is 56.3 Å². The molecular weight excluding hydrogens is 296 g/mol. The zero-order valence-electron chi connectivity index (χ0n) is 13.1. The van der Waals surface area contributed by atoms with Crippen LogP contribution in [0.1, 0.15) is 33.4 Å². The standard InChI is InChI=1S/C20H10N4/c1-11-4-3-5-13-6-14-15(7-21)16(8-22)17(9-23)18(10-24)20(14)12(2)19(11)13/h3-6H,1-2H3. The van der Waals surface area contributed by atoms with E-state index in [1.54, 1.807) is 0 Å². The Morgan fingerprint density at radius 2 is 1.29 bits per heavy atom. The van der Waals surface area contributed by atoms with Gasteiger partial charge in [-0.05, 0) is 41.8 Å². The zero-order valence-corrected chi connectivity index (χ0v) is 13.1. The van der Waals surface area contributed by atoms with Crippen LogP contribution < -0.4 is 0 Å². The lowest BCUT2D eigenvalue weighted by atomic mass is 9.85. The predicted octanol–water partition coefficient (Wildman–Crippen LogP) is 4.10. The summed E-state index contributed by atoms with van der Waals surface area (Å²) in [6.07, 6.45) is 0. The van der Waals surface area contributed by atoms with E-state index >= 15 is 0 Å². The molecule has 4 nitrogen and oxygen atoms in total. The first kappa shape index (κ1) is 15.1. The molecule has 0 saturated carbocycles. The van der Waals surface area contributed by atoms with Gasteiger partial charge in [0.15, 0.2) is 0 Å². The molecule has 0 aliphatic carbocycles. The second kappa shape index (κ2) is 5.40. The molecule has 0 saturated heterocycles. The van der Waals surface area contributed by atoms with Crippen LogP contribution in [0.15, 0.2) is 24.3 Å². The summed E-state index contributed by atoms with van der Waals surface area (Å²) >= 11 is 0. The van der Waals surface area contributed by atoms with Crippen LogP contribution in [-0.2, 0) is 0 Å². The average Bonchev–Trinajstić information content (AvgIpc) is 2.59. The third-order valence-electron chi connectivity index (χ3n) is 4.34. The molecule has 0 N–H and O–H groups in total. The Hall–Kier alpha value is -3.86. The fourth-order valence-corrected chi connectivity index (χ4v) is 3.36. The number of rotatable bonds is 0. The first-order valence-corrected chi connectivity index (χ1v) is 7.22. The highest BCUT2D eigenvalue weighted by Crippen LogP contribution is 2.36. The van der Waals surface area contributed by atoms with Crippen molar-refractivity contribution in [1.82, 2.24) is 0 Å². The average molecular weight is 306 g/mol. The minimum absolute atomic E-state index is 0.0277. The van der Waals surface area contributed by atoms with E-state index in [0.717, 1.165) is 21.9 Å². The molecule has 0 aliphatic rings. The number of fused-ring (bicyclic) bond motifs is 2. The highest BCUT2D eigenvalue weighted by molar-refractivity contribution is 6.09. The molecule has 0 amide bonds. The summed E-state index contributed by atoms with van der Waals surface area (Å²) in [5.74, 6) is 0. The van der Waals surface area contributed by atoms with E-state index < -0.39 is 0 Å². The van der Waals surface area contributed by atoms with Gasteiger partial charge < -0.3 is 0 Å². The Bertz CT molecular complexity index is 1210. The fourth-order valence-electron chi connectivity index (χ4n) is 3.36. The minimum atomic E-state index is -0.0320. The normalized spacial score (nSPS) is 9.92. The SMILES string of the molecule is Cc1cccc2cc3c(C#N)c(C#N)c(C#N)c(C#N)c3c(C)c12. The largest absolute Gasteiger partial charge is 0.192 e. The summed E-state index contributed by atoms with van der Waals surface area (Å²) in [7, 11) is 0. The molecule has 0 unspecified atom stereocenters. The summed E-state index contributed by atoms with van der Waals surface area (Å²) in [6, 6.07) is 15.6. The van der Waals surface area contributed by atoms with Gasteiger partial charge in [0.1, 0.15) is 24.3 Å². The van der Waals surface area contributed by atoms with Crippen molar-refractivity contribution >= 4 is 21.5 Å². The molecular formula is C20H10N4. The molecule has 0 bridgehead atoms. The van der Waals surface area contributed by atoms with Crippen LogP contribution in [0, 0.1) is 59.2 Å². The first-order chi connectivity index (χ1) is 11.6. The number of aryl methyl sites for hydroxylation is 2. The van der Waals surface area contributed by atoms with Crippen molar-refractivity contribution in [3.8, 4) is 24.3 Å². The summed E-state index contributed by atoms with van der Waals surface area (Å²) in [5.41, 5.74) is 2.14. The van der Waals surface area contributed by atoms with Gasteiger partial charge in [-0.15, -0.1) is 0 Å². The Morgan fingerprint density at radius 3 is 1.88 bits per heavy atom. The molecule has 110 valence electrons. The predicted molar refractivity (Wildman–Crippen MR) is 89.8 cm³/mol. The van der Waals surface area contributed by atoms with Gasteiger partial charge in [0.25, 0.3) is 0 Å². The third-order valence-corrected chi connectivity index (χ3v) is 4.34. The quantitative estimate of drug-likeness (QED) is 0.584. The summed E-state index contributed by atoms with van der Waals surface area (Å²) in [4.78, 5) is 0. The van der Waals surface area contributed by atoms with Crippen LogP contribution in [0.5, 0.6) is 0 Å². The van der Waals surface area contributed by atoms with E-state index in [2.05, 4.69) is 6.07 Å². The number of hydrogen-bond acceptors (Lipinski definition) is 4. The van der Waals surface area contributed by atoms with Gasteiger partial charge in [-0.1, -0.05) is 18.2 Å². The number of nitrogens with zero attached hydrogens (tertiary/aromatic N) is 4. The van der Waals surface area contributed by atoms with Gasteiger partial charge in [-0.3, -0.25) is 0 Å². The summed E-state index contributed by atoms with van der Waals surface area (Å²) in [6.45, 7) is 3.86. The van der Waals surface area contributed by atoms with E-state index in [-0.39, 0.29) is 22.3 Å². The molecule has 0 atom stereocenters. The maximum atomic E-state index is 9.60. The van der Waals surface area contributed by atoms with Crippen LogP contribution >= 0.6 is 0 Å². The van der Waals surface area contributed by atoms with Crippen molar-refractivity contribution in [3.05, 3.63) is 57.6 Å². The Kier molecular flexibility index (Phi) is 3.39. The molecule has 0 fully saturated rings. The second-order valence-corrected chi connectivity index (χ2v) is 5.54. The molecule has 3 aromatic carbocycles. The van der Waals surface area contributed by atoms with Gasteiger partial charge in [0.05, 0.1) is 22.3 Å². The van der Waals surface area contributed by atoms with Crippen molar-refractivity contribution in [1.29, 1.82) is 21.0 Å². The van der Waals surface area contributed by atoms with Crippen LogP contribution in [0.25, 0.3) is 21.5 Å². The molecule has 0 aliphatic heterocycles. The van der Waals surface area contributed by atoms with Crippen LogP contribution in [-0.4, -0.2) is 0 Å². The van der Waals surface area contributed by atoms with Gasteiger partial charge >= 0.3 is 0 Å². The van der Waals surface area contributed by atoms with Gasteiger partial charge in [-0.25, -0.2) is 0 Å². The third kappa shape index (κ3) is 1.82. The van der Waals surface area contributed by atoms with Gasteiger partial charge in [0, 0.05) is 10.8 Å². The monoisotopic (exact) mass is 306 g/mol. The topological polar surface area (TPSA) is 95.2 Å². The minimum Gasteiger partial charge on any atom is -0.192 e. The Balaban J connectivity index is 2.79. The molecule has 3 rings (SSSR count). The number of benzene rings is 3. The van der Waals surface area contributed by atoms with E-state index in [9.17, 15) is 21.0 Å². The second-order valence-electron chi connectivity index (χ2n) is 5.54. The zero-order chi connectivity index (χ0) is 17.4. The summed E-state index contributed by atoms with van der Waals surface area (Å²) in [5, 5.41) is 41.1. The highest BCUT2D eigenvalue weighted by Gasteiger charge is 2.22. The Labute approximate surface area is 139 Å². The van der Waals surface area contributed by atoms with Crippen molar-refractivity contribution in [3.63, 3.8) is 0 Å². The van der Waals surface area contributed by atoms with Gasteiger partial charge in [0.2, 0.25) is 0 Å². The lowest BCUT2D eigenvalue weighted by molar-refractivity contribution is 1.38. The maximum Gasteiger partial charge on any atom is 0.102 e.